The van der Waals surface area contributed by atoms with E-state index >= 15 is 0 Å². The van der Waals surface area contributed by atoms with Gasteiger partial charge in [-0.3, -0.25) is 4.79 Å². The molecular formula is C18H22N2OS. The Labute approximate surface area is 136 Å². The molecule has 0 N–H and O–H groups in total. The number of hydrogen-bond acceptors (Lipinski definition) is 4. The summed E-state index contributed by atoms with van der Waals surface area (Å²) in [4.78, 5) is 21.5. The third-order valence-electron chi connectivity index (χ3n) is 4.05. The fraction of sp³-hybridized carbons (Fsp3) is 0.389. The fourth-order valence-electron chi connectivity index (χ4n) is 2.14. The van der Waals surface area contributed by atoms with Gasteiger partial charge >= 0.3 is 0 Å². The van der Waals surface area contributed by atoms with Gasteiger partial charge in [0.25, 0.3) is 0 Å². The first kappa shape index (κ1) is 16.7. The Morgan fingerprint density at radius 1 is 1.00 bits per heavy atom. The summed E-state index contributed by atoms with van der Waals surface area (Å²) < 4.78 is 0. The van der Waals surface area contributed by atoms with Gasteiger partial charge in [0.1, 0.15) is 0 Å². The average molecular weight is 314 g/mol. The van der Waals surface area contributed by atoms with Crippen LogP contribution in [-0.2, 0) is 0 Å². The SMILES string of the molecule is Cc1ccc(C(=O)[C@@H](C)Sc2nc(C)c(C)c(C)n2)cc1C. The highest BCUT2D eigenvalue weighted by Gasteiger charge is 2.19. The van der Waals surface area contributed by atoms with E-state index in [-0.39, 0.29) is 11.0 Å². The largest absolute Gasteiger partial charge is 0.293 e. The van der Waals surface area contributed by atoms with Crippen LogP contribution in [-0.4, -0.2) is 21.0 Å². The first-order chi connectivity index (χ1) is 10.3. The molecule has 22 heavy (non-hydrogen) atoms. The van der Waals surface area contributed by atoms with Gasteiger partial charge in [0.15, 0.2) is 10.9 Å². The Morgan fingerprint density at radius 3 is 2.14 bits per heavy atom. The second-order valence-corrected chi connectivity index (χ2v) is 7.03. The molecule has 0 amide bonds. The van der Waals surface area contributed by atoms with Crippen molar-refractivity contribution >= 4 is 17.5 Å². The second-order valence-electron chi connectivity index (χ2n) is 5.73. The predicted molar refractivity (Wildman–Crippen MR) is 91.8 cm³/mol. The molecule has 1 aromatic carbocycles. The number of ketones is 1. The summed E-state index contributed by atoms with van der Waals surface area (Å²) in [5.41, 5.74) is 6.15. The van der Waals surface area contributed by atoms with Crippen molar-refractivity contribution in [2.24, 2.45) is 0 Å². The molecule has 116 valence electrons. The Bertz CT molecular complexity index is 702. The number of aromatic nitrogens is 2. The monoisotopic (exact) mass is 314 g/mol. The van der Waals surface area contributed by atoms with E-state index in [0.717, 1.165) is 28.1 Å². The van der Waals surface area contributed by atoms with E-state index in [9.17, 15) is 4.79 Å². The molecule has 0 bridgehead atoms. The first-order valence-corrected chi connectivity index (χ1v) is 8.27. The lowest BCUT2D eigenvalue weighted by atomic mass is 10.0. The number of Topliss-reactive ketones (excluding diaryl/α,β-unsaturated/α-hetero) is 1. The van der Waals surface area contributed by atoms with E-state index in [2.05, 4.69) is 9.97 Å². The highest BCUT2D eigenvalue weighted by Crippen LogP contribution is 2.25. The Hall–Kier alpha value is -1.68. The molecule has 0 aliphatic heterocycles. The molecule has 1 heterocycles. The molecular weight excluding hydrogens is 292 g/mol. The molecule has 4 heteroatoms. The number of thioether (sulfide) groups is 1. The van der Waals surface area contributed by atoms with Gasteiger partial charge < -0.3 is 0 Å². The maximum absolute atomic E-state index is 12.6. The zero-order chi connectivity index (χ0) is 16.4. The molecule has 0 radical (unpaired) electrons. The predicted octanol–water partition coefficient (Wildman–Crippen LogP) is 4.38. The Kier molecular flexibility index (Phi) is 5.01. The summed E-state index contributed by atoms with van der Waals surface area (Å²) in [6.45, 7) is 12.0. The van der Waals surface area contributed by atoms with E-state index in [1.807, 2.05) is 59.7 Å². The van der Waals surface area contributed by atoms with Gasteiger partial charge in [-0.05, 0) is 64.3 Å². The summed E-state index contributed by atoms with van der Waals surface area (Å²) >= 11 is 1.42. The van der Waals surface area contributed by atoms with Crippen molar-refractivity contribution in [1.82, 2.24) is 9.97 Å². The number of nitrogens with zero attached hydrogens (tertiary/aromatic N) is 2. The third kappa shape index (κ3) is 3.55. The van der Waals surface area contributed by atoms with Crippen LogP contribution >= 0.6 is 11.8 Å². The number of carbonyl (C=O) groups excluding carboxylic acids is 1. The van der Waals surface area contributed by atoms with Crippen LogP contribution in [0.4, 0.5) is 0 Å². The standard InChI is InChI=1S/C18H22N2OS/c1-10-7-8-16(9-11(10)2)17(21)15(6)22-18-19-13(4)12(3)14(5)20-18/h7-9,15H,1-6H3/t15-/m1/s1. The summed E-state index contributed by atoms with van der Waals surface area (Å²) in [5, 5.41) is 0.467. The van der Waals surface area contributed by atoms with Crippen LogP contribution in [0.5, 0.6) is 0 Å². The molecule has 0 saturated carbocycles. The minimum Gasteiger partial charge on any atom is -0.293 e. The van der Waals surface area contributed by atoms with Crippen molar-refractivity contribution < 1.29 is 4.79 Å². The molecule has 0 fully saturated rings. The molecule has 0 spiro atoms. The molecule has 0 saturated heterocycles. The van der Waals surface area contributed by atoms with E-state index in [0.29, 0.717) is 5.16 Å². The zero-order valence-corrected chi connectivity index (χ0v) is 14.8. The number of aryl methyl sites for hydroxylation is 4. The third-order valence-corrected chi connectivity index (χ3v) is 5.02. The number of carbonyl (C=O) groups is 1. The van der Waals surface area contributed by atoms with Gasteiger partial charge in [0, 0.05) is 17.0 Å². The summed E-state index contributed by atoms with van der Waals surface area (Å²) in [6, 6.07) is 5.85. The van der Waals surface area contributed by atoms with Gasteiger partial charge in [0.2, 0.25) is 0 Å². The van der Waals surface area contributed by atoms with Gasteiger partial charge in [-0.25, -0.2) is 9.97 Å². The Balaban J connectivity index is 2.19. The van der Waals surface area contributed by atoms with Gasteiger partial charge in [-0.15, -0.1) is 0 Å². The topological polar surface area (TPSA) is 42.9 Å². The maximum atomic E-state index is 12.6. The number of benzene rings is 1. The van der Waals surface area contributed by atoms with Crippen molar-refractivity contribution in [2.45, 2.75) is 51.9 Å². The number of rotatable bonds is 4. The maximum Gasteiger partial charge on any atom is 0.188 e. The van der Waals surface area contributed by atoms with E-state index in [4.69, 9.17) is 0 Å². The van der Waals surface area contributed by atoms with Crippen LogP contribution in [0.2, 0.25) is 0 Å². The highest BCUT2D eigenvalue weighted by atomic mass is 32.2. The van der Waals surface area contributed by atoms with Crippen molar-refractivity contribution in [3.63, 3.8) is 0 Å². The lowest BCUT2D eigenvalue weighted by Gasteiger charge is -2.12. The second kappa shape index (κ2) is 6.61. The molecule has 3 nitrogen and oxygen atoms in total. The van der Waals surface area contributed by atoms with Gasteiger partial charge in [-0.1, -0.05) is 23.9 Å². The van der Waals surface area contributed by atoms with E-state index in [1.165, 1.54) is 17.3 Å². The molecule has 1 atom stereocenters. The fourth-order valence-corrected chi connectivity index (χ4v) is 3.07. The van der Waals surface area contributed by atoms with Crippen molar-refractivity contribution in [3.8, 4) is 0 Å². The summed E-state index contributed by atoms with van der Waals surface area (Å²) in [5.74, 6) is 0.118. The lowest BCUT2D eigenvalue weighted by molar-refractivity contribution is 0.0993. The quantitative estimate of drug-likeness (QED) is 0.477. The molecule has 1 aromatic heterocycles. The minimum absolute atomic E-state index is 0.118. The van der Waals surface area contributed by atoms with Crippen LogP contribution in [0.1, 0.15) is 45.4 Å². The lowest BCUT2D eigenvalue weighted by Crippen LogP contribution is -2.15. The smallest absolute Gasteiger partial charge is 0.188 e. The molecule has 2 aromatic rings. The van der Waals surface area contributed by atoms with Crippen molar-refractivity contribution in [1.29, 1.82) is 0 Å². The molecule has 0 unspecified atom stereocenters. The summed E-state index contributed by atoms with van der Waals surface area (Å²) in [6.07, 6.45) is 0. The minimum atomic E-state index is -0.205. The van der Waals surface area contributed by atoms with Gasteiger partial charge in [-0.2, -0.15) is 0 Å². The van der Waals surface area contributed by atoms with Crippen LogP contribution < -0.4 is 0 Å². The molecule has 0 aliphatic carbocycles. The normalized spacial score (nSPS) is 12.3. The van der Waals surface area contributed by atoms with Crippen LogP contribution in [0.15, 0.2) is 23.4 Å². The van der Waals surface area contributed by atoms with E-state index < -0.39 is 0 Å². The zero-order valence-electron chi connectivity index (χ0n) is 14.0. The van der Waals surface area contributed by atoms with Crippen LogP contribution in [0.25, 0.3) is 0 Å². The van der Waals surface area contributed by atoms with Crippen LogP contribution in [0.3, 0.4) is 0 Å². The Morgan fingerprint density at radius 2 is 1.59 bits per heavy atom. The highest BCUT2D eigenvalue weighted by molar-refractivity contribution is 8.00. The number of hydrogen-bond donors (Lipinski definition) is 0. The molecule has 0 aliphatic rings. The van der Waals surface area contributed by atoms with Gasteiger partial charge in [0.05, 0.1) is 5.25 Å². The van der Waals surface area contributed by atoms with E-state index in [1.54, 1.807) is 0 Å². The van der Waals surface area contributed by atoms with Crippen LogP contribution in [0, 0.1) is 34.6 Å². The van der Waals surface area contributed by atoms with Crippen molar-refractivity contribution in [2.75, 3.05) is 0 Å². The first-order valence-electron chi connectivity index (χ1n) is 7.39. The average Bonchev–Trinajstić information content (AvgIpc) is 2.46. The van der Waals surface area contributed by atoms with Crippen molar-refractivity contribution in [3.05, 3.63) is 51.8 Å². The molecule has 2 rings (SSSR count). The summed E-state index contributed by atoms with van der Waals surface area (Å²) in [7, 11) is 0.